The third-order valence-electron chi connectivity index (χ3n) is 4.08. The van der Waals surface area contributed by atoms with Gasteiger partial charge in [0.2, 0.25) is 0 Å². The van der Waals surface area contributed by atoms with Crippen molar-refractivity contribution < 1.29 is 4.79 Å². The second kappa shape index (κ2) is 19.4. The summed E-state index contributed by atoms with van der Waals surface area (Å²) in [5.74, 6) is 0. The summed E-state index contributed by atoms with van der Waals surface area (Å²) in [6, 6.07) is 0. The van der Waals surface area contributed by atoms with Gasteiger partial charge in [-0.3, -0.25) is 0 Å². The van der Waals surface area contributed by atoms with Gasteiger partial charge in [-0.1, -0.05) is 83.3 Å². The molecule has 0 saturated carbocycles. The Kier molecular flexibility index (Phi) is 18.9. The summed E-state index contributed by atoms with van der Waals surface area (Å²) >= 11 is 0. The highest BCUT2D eigenvalue weighted by atomic mass is 16.1. The van der Waals surface area contributed by atoms with Gasteiger partial charge in [0, 0.05) is 6.42 Å². The van der Waals surface area contributed by atoms with Crippen LogP contribution >= 0.6 is 0 Å². The molecule has 0 spiro atoms. The van der Waals surface area contributed by atoms with Crippen LogP contribution in [-0.4, -0.2) is 6.29 Å². The predicted molar refractivity (Wildman–Crippen MR) is 94.8 cm³/mol. The van der Waals surface area contributed by atoms with Gasteiger partial charge in [-0.25, -0.2) is 0 Å². The van der Waals surface area contributed by atoms with Crippen molar-refractivity contribution in [1.29, 1.82) is 0 Å². The van der Waals surface area contributed by atoms with Crippen molar-refractivity contribution in [3.8, 4) is 0 Å². The van der Waals surface area contributed by atoms with Crippen molar-refractivity contribution in [1.82, 2.24) is 0 Å². The lowest BCUT2D eigenvalue weighted by Gasteiger charge is -2.01. The lowest BCUT2D eigenvalue weighted by Crippen LogP contribution is -1.82. The molecule has 0 aliphatic rings. The zero-order chi connectivity index (χ0) is 15.4. The maximum absolute atomic E-state index is 10.2. The first-order valence-electron chi connectivity index (χ1n) is 9.50. The lowest BCUT2D eigenvalue weighted by molar-refractivity contribution is -0.107. The van der Waals surface area contributed by atoms with Crippen LogP contribution in [0.25, 0.3) is 0 Å². The summed E-state index contributed by atoms with van der Waals surface area (Å²) in [5.41, 5.74) is 0. The zero-order valence-corrected chi connectivity index (χ0v) is 14.5. The molecular weight excluding hydrogens is 256 g/mol. The van der Waals surface area contributed by atoms with E-state index in [1.165, 1.54) is 89.9 Å². The summed E-state index contributed by atoms with van der Waals surface area (Å²) < 4.78 is 0. The highest BCUT2D eigenvalue weighted by Gasteiger charge is 1.92. The lowest BCUT2D eigenvalue weighted by atomic mass is 10.1. The minimum Gasteiger partial charge on any atom is -0.303 e. The molecule has 0 heterocycles. The van der Waals surface area contributed by atoms with E-state index in [0.717, 1.165) is 19.1 Å². The van der Waals surface area contributed by atoms with E-state index >= 15 is 0 Å². The monoisotopic (exact) mass is 294 g/mol. The predicted octanol–water partition coefficient (Wildman–Crippen LogP) is 7.00. The van der Waals surface area contributed by atoms with E-state index in [9.17, 15) is 4.79 Å². The fourth-order valence-electron chi connectivity index (χ4n) is 2.65. The summed E-state index contributed by atoms with van der Waals surface area (Å²) in [6.45, 7) is 2.27. The molecule has 1 nitrogen and oxygen atoms in total. The molecule has 0 aromatic heterocycles. The minimum absolute atomic E-state index is 0.756. The first kappa shape index (κ1) is 20.4. The third-order valence-corrected chi connectivity index (χ3v) is 4.08. The van der Waals surface area contributed by atoms with Crippen LogP contribution in [0.1, 0.15) is 110 Å². The molecule has 0 rings (SSSR count). The van der Waals surface area contributed by atoms with E-state index in [2.05, 4.69) is 19.1 Å². The van der Waals surface area contributed by atoms with Gasteiger partial charge in [0.25, 0.3) is 0 Å². The molecule has 0 aromatic carbocycles. The molecule has 0 atom stereocenters. The molecule has 0 aromatic rings. The number of rotatable bonds is 17. The van der Waals surface area contributed by atoms with E-state index in [0.29, 0.717) is 0 Å². The first-order valence-corrected chi connectivity index (χ1v) is 9.50. The number of hydrogen-bond donors (Lipinski definition) is 0. The Balaban J connectivity index is 3.01. The van der Waals surface area contributed by atoms with Crippen molar-refractivity contribution in [2.75, 3.05) is 0 Å². The Morgan fingerprint density at radius 1 is 0.524 bits per heavy atom. The van der Waals surface area contributed by atoms with Crippen LogP contribution in [0.4, 0.5) is 0 Å². The molecular formula is C20H38O. The number of unbranched alkanes of at least 4 members (excludes halogenated alkanes) is 14. The third kappa shape index (κ3) is 19.4. The molecule has 0 bridgehead atoms. The highest BCUT2D eigenvalue weighted by Crippen LogP contribution is 2.11. The number of allylic oxidation sites excluding steroid dienone is 2. The normalized spacial score (nSPS) is 11.3. The van der Waals surface area contributed by atoms with Gasteiger partial charge >= 0.3 is 0 Å². The zero-order valence-electron chi connectivity index (χ0n) is 14.5. The van der Waals surface area contributed by atoms with Crippen LogP contribution < -0.4 is 0 Å². The molecule has 124 valence electrons. The SMILES string of the molecule is CCCCCCC=CCCCCCCCCCCCC=O. The van der Waals surface area contributed by atoms with Gasteiger partial charge in [0.1, 0.15) is 6.29 Å². The average molecular weight is 295 g/mol. The molecule has 1 heteroatoms. The second-order valence-electron chi connectivity index (χ2n) is 6.25. The van der Waals surface area contributed by atoms with E-state index in [-0.39, 0.29) is 0 Å². The molecule has 0 saturated heterocycles. The Morgan fingerprint density at radius 3 is 1.33 bits per heavy atom. The van der Waals surface area contributed by atoms with Crippen LogP contribution in [0.2, 0.25) is 0 Å². The molecule has 21 heavy (non-hydrogen) atoms. The quantitative estimate of drug-likeness (QED) is 0.160. The van der Waals surface area contributed by atoms with Crippen LogP contribution in [0.5, 0.6) is 0 Å². The van der Waals surface area contributed by atoms with E-state index < -0.39 is 0 Å². The molecule has 0 aliphatic carbocycles. The fraction of sp³-hybridized carbons (Fsp3) is 0.850. The Bertz CT molecular complexity index is 220. The van der Waals surface area contributed by atoms with E-state index in [1.54, 1.807) is 0 Å². The smallest absolute Gasteiger partial charge is 0.119 e. The molecule has 0 amide bonds. The van der Waals surface area contributed by atoms with Gasteiger partial charge in [-0.15, -0.1) is 0 Å². The van der Waals surface area contributed by atoms with Crippen molar-refractivity contribution in [3.05, 3.63) is 12.2 Å². The average Bonchev–Trinajstić information content (AvgIpc) is 2.50. The van der Waals surface area contributed by atoms with E-state index in [1.807, 2.05) is 0 Å². The molecule has 0 N–H and O–H groups in total. The van der Waals surface area contributed by atoms with Crippen LogP contribution in [0.3, 0.4) is 0 Å². The van der Waals surface area contributed by atoms with Gasteiger partial charge in [0.05, 0.1) is 0 Å². The largest absolute Gasteiger partial charge is 0.303 e. The van der Waals surface area contributed by atoms with Crippen LogP contribution in [-0.2, 0) is 4.79 Å². The standard InChI is InChI=1S/C20H38O/c1-2-3-4-5-6-7-8-9-10-11-12-13-14-15-16-17-18-19-20-21/h7-8,20H,2-6,9-19H2,1H3. The van der Waals surface area contributed by atoms with Crippen molar-refractivity contribution in [3.63, 3.8) is 0 Å². The maximum atomic E-state index is 10.2. The molecule has 0 radical (unpaired) electrons. The van der Waals surface area contributed by atoms with Gasteiger partial charge in [-0.2, -0.15) is 0 Å². The van der Waals surface area contributed by atoms with Crippen LogP contribution in [0.15, 0.2) is 12.2 Å². The summed E-state index contributed by atoms with van der Waals surface area (Å²) in [5, 5.41) is 0. The highest BCUT2D eigenvalue weighted by molar-refractivity contribution is 5.48. The summed E-state index contributed by atoms with van der Waals surface area (Å²) in [6.07, 6.45) is 26.6. The molecule has 0 fully saturated rings. The Morgan fingerprint density at radius 2 is 0.905 bits per heavy atom. The van der Waals surface area contributed by atoms with Crippen molar-refractivity contribution >= 4 is 6.29 Å². The number of aldehydes is 1. The van der Waals surface area contributed by atoms with Crippen molar-refractivity contribution in [2.24, 2.45) is 0 Å². The van der Waals surface area contributed by atoms with E-state index in [4.69, 9.17) is 0 Å². The maximum Gasteiger partial charge on any atom is 0.119 e. The summed E-state index contributed by atoms with van der Waals surface area (Å²) in [4.78, 5) is 10.2. The molecule has 0 aliphatic heterocycles. The fourth-order valence-corrected chi connectivity index (χ4v) is 2.65. The van der Waals surface area contributed by atoms with Gasteiger partial charge in [0.15, 0.2) is 0 Å². The number of hydrogen-bond acceptors (Lipinski definition) is 1. The second-order valence-corrected chi connectivity index (χ2v) is 6.25. The van der Waals surface area contributed by atoms with Crippen LogP contribution in [0, 0.1) is 0 Å². The number of carbonyl (C=O) groups is 1. The van der Waals surface area contributed by atoms with Gasteiger partial charge < -0.3 is 4.79 Å². The van der Waals surface area contributed by atoms with Crippen molar-refractivity contribution in [2.45, 2.75) is 110 Å². The first-order chi connectivity index (χ1) is 10.4. The minimum atomic E-state index is 0.756. The number of carbonyl (C=O) groups excluding carboxylic acids is 1. The Hall–Kier alpha value is -0.590. The Labute approximate surface area is 133 Å². The van der Waals surface area contributed by atoms with Gasteiger partial charge in [-0.05, 0) is 32.1 Å². The molecule has 0 unspecified atom stereocenters. The topological polar surface area (TPSA) is 17.1 Å². The summed E-state index contributed by atoms with van der Waals surface area (Å²) in [7, 11) is 0.